The second-order valence-electron chi connectivity index (χ2n) is 10.5. The van der Waals surface area contributed by atoms with Crippen molar-refractivity contribution in [3.63, 3.8) is 0 Å². The van der Waals surface area contributed by atoms with Gasteiger partial charge in [0.15, 0.2) is 12.2 Å². The number of rotatable bonds is 11. The molecule has 14 nitrogen and oxygen atoms in total. The summed E-state index contributed by atoms with van der Waals surface area (Å²) in [6, 6.07) is 21.1. The van der Waals surface area contributed by atoms with Crippen molar-refractivity contribution in [2.24, 2.45) is 0 Å². The summed E-state index contributed by atoms with van der Waals surface area (Å²) in [6.07, 6.45) is -7.62. The Morgan fingerprint density at radius 2 is 1.30 bits per heavy atom. The van der Waals surface area contributed by atoms with Gasteiger partial charge in [0, 0.05) is 40.3 Å². The minimum Gasteiger partial charge on any atom is -0.463 e. The largest absolute Gasteiger partial charge is 0.463 e. The molecular formula is C33H34N2O12. The van der Waals surface area contributed by atoms with Crippen LogP contribution in [0, 0.1) is 0 Å². The average molecular weight is 651 g/mol. The Morgan fingerprint density at radius 3 is 1.91 bits per heavy atom. The van der Waals surface area contributed by atoms with Crippen molar-refractivity contribution in [2.75, 3.05) is 6.61 Å². The Morgan fingerprint density at radius 1 is 0.702 bits per heavy atom. The molecule has 1 N–H and O–H groups in total. The molecule has 2 heterocycles. The molecule has 4 rings (SSSR count). The summed E-state index contributed by atoms with van der Waals surface area (Å²) in [5.74, 6) is -3.91. The number of esters is 4. The normalized spacial score (nSPS) is 20.3. The minimum absolute atomic E-state index is 0.107. The van der Waals surface area contributed by atoms with Crippen LogP contribution in [0.2, 0.25) is 0 Å². The first-order valence-electron chi connectivity index (χ1n) is 14.5. The molecule has 0 bridgehead atoms. The van der Waals surface area contributed by atoms with Crippen molar-refractivity contribution in [1.82, 2.24) is 10.0 Å². The Kier molecular flexibility index (Phi) is 11.5. The number of pyridine rings is 1. The van der Waals surface area contributed by atoms with Gasteiger partial charge in [-0.2, -0.15) is 0 Å². The number of aromatic nitrogens is 1. The topological polar surface area (TPSA) is 175 Å². The first-order chi connectivity index (χ1) is 22.4. The highest BCUT2D eigenvalue weighted by atomic mass is 16.8. The zero-order valence-electron chi connectivity index (χ0n) is 26.1. The number of hydrogen-bond acceptors (Lipinski definition) is 12. The lowest BCUT2D eigenvalue weighted by atomic mass is 9.98. The third-order valence-corrected chi connectivity index (χ3v) is 6.82. The van der Waals surface area contributed by atoms with Crippen LogP contribution in [0.25, 0.3) is 11.1 Å². The van der Waals surface area contributed by atoms with E-state index in [1.807, 2.05) is 54.6 Å². The molecule has 0 spiro atoms. The predicted octanol–water partition coefficient (Wildman–Crippen LogP) is 1.96. The van der Waals surface area contributed by atoms with E-state index in [4.69, 9.17) is 28.5 Å². The van der Waals surface area contributed by atoms with Gasteiger partial charge in [-0.05, 0) is 22.8 Å². The number of amides is 1. The van der Waals surface area contributed by atoms with E-state index >= 15 is 0 Å². The fourth-order valence-electron chi connectivity index (χ4n) is 4.85. The third kappa shape index (κ3) is 9.26. The average Bonchev–Trinajstić information content (AvgIpc) is 3.02. The van der Waals surface area contributed by atoms with Gasteiger partial charge in [0.25, 0.3) is 17.8 Å². The molecule has 1 amide bonds. The highest BCUT2D eigenvalue weighted by Crippen LogP contribution is 2.29. The van der Waals surface area contributed by atoms with E-state index in [9.17, 15) is 28.8 Å². The summed E-state index contributed by atoms with van der Waals surface area (Å²) in [4.78, 5) is 80.1. The van der Waals surface area contributed by atoms with E-state index in [0.29, 0.717) is 4.73 Å². The lowest BCUT2D eigenvalue weighted by Gasteiger charge is -2.43. The van der Waals surface area contributed by atoms with Gasteiger partial charge in [0.2, 0.25) is 6.10 Å². The molecule has 2 aromatic carbocycles. The van der Waals surface area contributed by atoms with Crippen molar-refractivity contribution >= 4 is 29.8 Å². The van der Waals surface area contributed by atoms with Crippen LogP contribution in [0.5, 0.6) is 0 Å². The van der Waals surface area contributed by atoms with Crippen molar-refractivity contribution in [3.05, 3.63) is 94.4 Å². The van der Waals surface area contributed by atoms with Crippen LogP contribution < -0.4 is 15.7 Å². The molecule has 1 fully saturated rings. The van der Waals surface area contributed by atoms with E-state index in [-0.39, 0.29) is 12.2 Å². The Balaban J connectivity index is 1.61. The molecule has 0 radical (unpaired) electrons. The van der Waals surface area contributed by atoms with Gasteiger partial charge in [-0.1, -0.05) is 60.7 Å². The summed E-state index contributed by atoms with van der Waals surface area (Å²) < 4.78 is 27.7. The zero-order valence-corrected chi connectivity index (χ0v) is 26.1. The maximum absolute atomic E-state index is 13.3. The van der Waals surface area contributed by atoms with Gasteiger partial charge in [-0.15, -0.1) is 4.73 Å². The maximum atomic E-state index is 13.3. The maximum Gasteiger partial charge on any atom is 0.303 e. The first-order valence-corrected chi connectivity index (χ1v) is 14.5. The number of hydrogen-bond donors (Lipinski definition) is 1. The van der Waals surface area contributed by atoms with Gasteiger partial charge in [-0.3, -0.25) is 28.8 Å². The summed E-state index contributed by atoms with van der Waals surface area (Å²) in [5.41, 5.74) is 1.78. The molecule has 3 aromatic rings. The van der Waals surface area contributed by atoms with Gasteiger partial charge >= 0.3 is 23.9 Å². The molecule has 1 aliphatic rings. The van der Waals surface area contributed by atoms with Crippen LogP contribution in [-0.2, 0) is 49.4 Å². The lowest BCUT2D eigenvalue weighted by Crippen LogP contribution is -2.65. The van der Waals surface area contributed by atoms with Crippen molar-refractivity contribution in [3.8, 4) is 11.1 Å². The lowest BCUT2D eigenvalue weighted by molar-refractivity contribution is -0.308. The number of ether oxygens (including phenoxy) is 5. The van der Waals surface area contributed by atoms with Crippen molar-refractivity contribution in [2.45, 2.75) is 64.9 Å². The van der Waals surface area contributed by atoms with E-state index < -0.39 is 72.7 Å². The molecule has 0 saturated carbocycles. The van der Waals surface area contributed by atoms with Gasteiger partial charge in [0.05, 0.1) is 0 Å². The zero-order chi connectivity index (χ0) is 34.1. The quantitative estimate of drug-likeness (QED) is 0.236. The second-order valence-corrected chi connectivity index (χ2v) is 10.5. The standard InChI is InChI=1S/C33H34N2O12/c1-19(36)42-18-27-29(43-20(2)37)30(44-21(3)38)31(45-22(4)39)33(46-27)47-35-26(11-8-12-28(35)40)32(41)34-17-23-13-15-25(16-14-23)24-9-6-5-7-10-24/h5-16,27,29-31,33H,17-18H2,1-4H3,(H,34,41)/t27-,29-,30+,31-,33+/m1/s1. The molecule has 0 unspecified atom stereocenters. The molecule has 14 heteroatoms. The van der Waals surface area contributed by atoms with Crippen LogP contribution in [0.15, 0.2) is 77.6 Å². The highest BCUT2D eigenvalue weighted by molar-refractivity contribution is 5.92. The summed E-state index contributed by atoms with van der Waals surface area (Å²) in [6.45, 7) is 3.96. The van der Waals surface area contributed by atoms with Gasteiger partial charge in [-0.25, -0.2) is 0 Å². The van der Waals surface area contributed by atoms with E-state index in [1.165, 1.54) is 12.1 Å². The summed E-state index contributed by atoms with van der Waals surface area (Å²) >= 11 is 0. The summed E-state index contributed by atoms with van der Waals surface area (Å²) in [5, 5.41) is 2.74. The number of carbonyl (C=O) groups excluding carboxylic acids is 5. The molecule has 47 heavy (non-hydrogen) atoms. The van der Waals surface area contributed by atoms with Crippen LogP contribution in [-0.4, -0.2) is 71.8 Å². The van der Waals surface area contributed by atoms with E-state index in [2.05, 4.69) is 5.32 Å². The molecule has 5 atom stereocenters. The number of nitrogens with zero attached hydrogens (tertiary/aromatic N) is 1. The summed E-state index contributed by atoms with van der Waals surface area (Å²) in [7, 11) is 0. The number of nitrogens with one attached hydrogen (secondary N) is 1. The van der Waals surface area contributed by atoms with Gasteiger partial charge in [0.1, 0.15) is 18.4 Å². The predicted molar refractivity (Wildman–Crippen MR) is 162 cm³/mol. The SMILES string of the molecule is CC(=O)OC[C@H]1O[C@@H](On2c(C(=O)NCc3ccc(-c4ccccc4)cc3)cccc2=O)[C@H](OC(C)=O)[C@@H](OC(C)=O)[C@@H]1OC(C)=O. The Hall–Kier alpha value is -5.50. The van der Waals surface area contributed by atoms with Crippen molar-refractivity contribution in [1.29, 1.82) is 0 Å². The Bertz CT molecular complexity index is 1650. The smallest absolute Gasteiger partial charge is 0.303 e. The Labute approximate surface area is 269 Å². The van der Waals surface area contributed by atoms with Crippen molar-refractivity contribution < 1.29 is 52.5 Å². The van der Waals surface area contributed by atoms with Crippen LogP contribution >= 0.6 is 0 Å². The van der Waals surface area contributed by atoms with Crippen LogP contribution in [0.4, 0.5) is 0 Å². The molecule has 248 valence electrons. The third-order valence-electron chi connectivity index (χ3n) is 6.82. The fourth-order valence-corrected chi connectivity index (χ4v) is 4.85. The molecule has 0 aliphatic carbocycles. The van der Waals surface area contributed by atoms with E-state index in [0.717, 1.165) is 50.5 Å². The minimum atomic E-state index is -1.73. The second kappa shape index (κ2) is 15.7. The van der Waals surface area contributed by atoms with Gasteiger partial charge < -0.3 is 33.8 Å². The van der Waals surface area contributed by atoms with E-state index in [1.54, 1.807) is 0 Å². The number of benzene rings is 2. The fraction of sp³-hybridized carbons (Fsp3) is 0.333. The highest BCUT2D eigenvalue weighted by Gasteiger charge is 2.54. The first kappa shape index (κ1) is 34.4. The number of carbonyl (C=O) groups is 5. The molecular weight excluding hydrogens is 616 g/mol. The van der Waals surface area contributed by atoms with Crippen LogP contribution in [0.3, 0.4) is 0 Å². The van der Waals surface area contributed by atoms with Crippen LogP contribution in [0.1, 0.15) is 43.7 Å². The molecule has 1 aromatic heterocycles. The molecule has 1 aliphatic heterocycles. The molecule has 1 saturated heterocycles. The monoisotopic (exact) mass is 650 g/mol.